The molecule has 5 saturated carbocycles. The SMILES string of the molecule is C=C(C)C1CCC2(C(=O)O)CCC3(C)C(CCC4C5(C)CCC(OC6OCC(O)C(O)C6OC6OC(C)C(O)C(OC7OC(CO)C(O)C(O)C7O)C6O)C(C)C5CCC43C)C12. The second kappa shape index (κ2) is 17.1. The van der Waals surface area contributed by atoms with Crippen molar-refractivity contribution < 1.29 is 79.2 Å². The molecule has 0 aromatic heterocycles. The summed E-state index contributed by atoms with van der Waals surface area (Å²) in [6.45, 7) is 16.7. The van der Waals surface area contributed by atoms with Crippen molar-refractivity contribution in [1.29, 1.82) is 0 Å². The summed E-state index contributed by atoms with van der Waals surface area (Å²) < 4.78 is 36.1. The van der Waals surface area contributed by atoms with Crippen molar-refractivity contribution in [3.8, 4) is 0 Å². The second-order valence-corrected chi connectivity index (χ2v) is 21.6. The van der Waals surface area contributed by atoms with Crippen LogP contribution in [-0.2, 0) is 33.2 Å². The number of aliphatic carboxylic acids is 1. The normalized spacial score (nSPS) is 56.5. The van der Waals surface area contributed by atoms with Gasteiger partial charge in [0.25, 0.3) is 0 Å². The molecule has 25 unspecified atom stereocenters. The molecule has 62 heavy (non-hydrogen) atoms. The molecule has 8 rings (SSSR count). The number of aliphatic hydroxyl groups is 8. The first-order valence-electron chi connectivity index (χ1n) is 23.3. The molecular weight excluding hydrogens is 808 g/mol. The van der Waals surface area contributed by atoms with Gasteiger partial charge in [0.05, 0.1) is 30.8 Å². The van der Waals surface area contributed by atoms with Gasteiger partial charge in [-0.15, -0.1) is 0 Å². The van der Waals surface area contributed by atoms with Crippen molar-refractivity contribution in [3.63, 3.8) is 0 Å². The average Bonchev–Trinajstić information content (AvgIpc) is 3.64. The van der Waals surface area contributed by atoms with Crippen LogP contribution in [0.25, 0.3) is 0 Å². The van der Waals surface area contributed by atoms with Crippen molar-refractivity contribution in [3.05, 3.63) is 12.2 Å². The van der Waals surface area contributed by atoms with E-state index in [4.69, 9.17) is 28.4 Å². The van der Waals surface area contributed by atoms with Gasteiger partial charge >= 0.3 is 5.97 Å². The zero-order chi connectivity index (χ0) is 45.0. The van der Waals surface area contributed by atoms with Gasteiger partial charge in [0.1, 0.15) is 61.0 Å². The molecule has 0 amide bonds. The van der Waals surface area contributed by atoms with Crippen LogP contribution in [0.1, 0.15) is 106 Å². The minimum Gasteiger partial charge on any atom is -0.481 e. The highest BCUT2D eigenvalue weighted by atomic mass is 16.8. The molecule has 5 aliphatic carbocycles. The molecule has 8 fully saturated rings. The fraction of sp³-hybridized carbons (Fsp3) is 0.935. The van der Waals surface area contributed by atoms with Crippen molar-refractivity contribution in [2.75, 3.05) is 13.2 Å². The van der Waals surface area contributed by atoms with E-state index in [0.717, 1.165) is 69.8 Å². The quantitative estimate of drug-likeness (QED) is 0.118. The summed E-state index contributed by atoms with van der Waals surface area (Å²) in [5.41, 5.74) is 0.492. The lowest BCUT2D eigenvalue weighted by atomic mass is 9.33. The number of carboxylic acid groups (broad SMARTS) is 1. The Morgan fingerprint density at radius 1 is 0.694 bits per heavy atom. The van der Waals surface area contributed by atoms with Gasteiger partial charge in [-0.05, 0) is 130 Å². The van der Waals surface area contributed by atoms with Crippen molar-refractivity contribution >= 4 is 5.97 Å². The van der Waals surface area contributed by atoms with Crippen LogP contribution < -0.4 is 0 Å². The highest BCUT2D eigenvalue weighted by Crippen LogP contribution is 2.77. The second-order valence-electron chi connectivity index (χ2n) is 21.6. The molecule has 3 heterocycles. The van der Waals surface area contributed by atoms with E-state index in [2.05, 4.69) is 41.2 Å². The number of aliphatic hydroxyl groups excluding tert-OH is 8. The number of hydrogen-bond acceptors (Lipinski definition) is 15. The number of carbonyl (C=O) groups is 1. The maximum absolute atomic E-state index is 13.1. The Morgan fingerprint density at radius 2 is 1.39 bits per heavy atom. The number of allylic oxidation sites excluding steroid dienone is 1. The van der Waals surface area contributed by atoms with Gasteiger partial charge < -0.3 is 74.4 Å². The molecule has 16 heteroatoms. The minimum atomic E-state index is -1.80. The monoisotopic (exact) mass is 882 g/mol. The fourth-order valence-corrected chi connectivity index (χ4v) is 15.3. The maximum atomic E-state index is 13.1. The Hall–Kier alpha value is -1.35. The van der Waals surface area contributed by atoms with Gasteiger partial charge in [-0.25, -0.2) is 0 Å². The number of ether oxygens (including phenoxy) is 6. The third-order valence-corrected chi connectivity index (χ3v) is 19.0. The van der Waals surface area contributed by atoms with Gasteiger partial charge in [0.15, 0.2) is 18.9 Å². The standard InChI is InChI=1S/C46H74O16/c1-20(2)23-10-15-46(42(55)56)17-16-44(6)25(30(23)46)8-9-29-43(5)13-12-27(21(3)24(43)11-14-45(29,44)7)59-41-38(32(50)26(48)19-57-41)62-40-36(54)37(31(49)22(4)58-40)61-39-35(53)34(52)33(51)28(18-47)60-39/h21-41,47-54H,1,8-19H2,2-7H3,(H,55,56). The molecule has 8 aliphatic rings. The number of rotatable bonds is 9. The molecule has 0 bridgehead atoms. The highest BCUT2D eigenvalue weighted by Gasteiger charge is 2.71. The summed E-state index contributed by atoms with van der Waals surface area (Å²) in [4.78, 5) is 13.1. The molecule has 16 nitrogen and oxygen atoms in total. The molecule has 25 atom stereocenters. The summed E-state index contributed by atoms with van der Waals surface area (Å²) in [5.74, 6) is 0.898. The smallest absolute Gasteiger partial charge is 0.309 e. The Bertz CT molecular complexity index is 1650. The molecule has 9 N–H and O–H groups in total. The first kappa shape index (κ1) is 47.2. The molecule has 3 aliphatic heterocycles. The predicted molar refractivity (Wildman–Crippen MR) is 218 cm³/mol. The maximum Gasteiger partial charge on any atom is 0.309 e. The minimum absolute atomic E-state index is 0.00219. The lowest BCUT2D eigenvalue weighted by Crippen LogP contribution is -2.66. The van der Waals surface area contributed by atoms with Gasteiger partial charge in [-0.2, -0.15) is 0 Å². The average molecular weight is 883 g/mol. The van der Waals surface area contributed by atoms with Crippen LogP contribution >= 0.6 is 0 Å². The van der Waals surface area contributed by atoms with Crippen LogP contribution in [0.2, 0.25) is 0 Å². The molecule has 3 saturated heterocycles. The van der Waals surface area contributed by atoms with E-state index in [1.54, 1.807) is 0 Å². The van der Waals surface area contributed by atoms with Crippen LogP contribution in [0, 0.1) is 57.2 Å². The third kappa shape index (κ3) is 7.19. The van der Waals surface area contributed by atoms with Crippen molar-refractivity contribution in [1.82, 2.24) is 0 Å². The van der Waals surface area contributed by atoms with Crippen LogP contribution in [0.15, 0.2) is 12.2 Å². The van der Waals surface area contributed by atoms with Gasteiger partial charge in [0, 0.05) is 0 Å². The molecular formula is C46H74O16. The Kier molecular flexibility index (Phi) is 13.0. The first-order valence-corrected chi connectivity index (χ1v) is 23.3. The molecule has 0 spiro atoms. The largest absolute Gasteiger partial charge is 0.481 e. The van der Waals surface area contributed by atoms with Crippen LogP contribution in [-0.4, -0.2) is 157 Å². The lowest BCUT2D eigenvalue weighted by Gasteiger charge is -2.71. The molecule has 0 aromatic rings. The summed E-state index contributed by atoms with van der Waals surface area (Å²) in [7, 11) is 0. The summed E-state index contributed by atoms with van der Waals surface area (Å²) in [5, 5.41) is 96.2. The van der Waals surface area contributed by atoms with Gasteiger partial charge in [-0.3, -0.25) is 4.79 Å². The fourth-order valence-electron chi connectivity index (χ4n) is 15.3. The molecule has 354 valence electrons. The van der Waals surface area contributed by atoms with Crippen LogP contribution in [0.4, 0.5) is 0 Å². The number of carboxylic acids is 1. The van der Waals surface area contributed by atoms with E-state index in [1.165, 1.54) is 6.92 Å². The van der Waals surface area contributed by atoms with Gasteiger partial charge in [-0.1, -0.05) is 39.8 Å². The van der Waals surface area contributed by atoms with E-state index >= 15 is 0 Å². The van der Waals surface area contributed by atoms with Crippen LogP contribution in [0.3, 0.4) is 0 Å². The summed E-state index contributed by atoms with van der Waals surface area (Å²) in [6, 6.07) is 0. The molecule has 0 radical (unpaired) electrons. The number of hydrogen-bond donors (Lipinski definition) is 9. The van der Waals surface area contributed by atoms with E-state index < -0.39 is 104 Å². The Balaban J connectivity index is 0.970. The summed E-state index contributed by atoms with van der Waals surface area (Å²) in [6.07, 6.45) is -12.1. The number of fused-ring (bicyclic) bond motifs is 7. The van der Waals surface area contributed by atoms with Crippen LogP contribution in [0.5, 0.6) is 0 Å². The highest BCUT2D eigenvalue weighted by molar-refractivity contribution is 5.76. The van der Waals surface area contributed by atoms with E-state index in [0.29, 0.717) is 17.8 Å². The van der Waals surface area contributed by atoms with E-state index in [1.807, 2.05) is 0 Å². The zero-order valence-corrected chi connectivity index (χ0v) is 37.2. The van der Waals surface area contributed by atoms with Crippen molar-refractivity contribution in [2.24, 2.45) is 57.2 Å². The van der Waals surface area contributed by atoms with E-state index in [-0.39, 0.29) is 46.7 Å². The van der Waals surface area contributed by atoms with E-state index in [9.17, 15) is 50.8 Å². The van der Waals surface area contributed by atoms with Crippen molar-refractivity contribution in [2.45, 2.75) is 198 Å². The third-order valence-electron chi connectivity index (χ3n) is 19.0. The lowest BCUT2D eigenvalue weighted by molar-refractivity contribution is -0.381. The summed E-state index contributed by atoms with van der Waals surface area (Å²) >= 11 is 0. The Morgan fingerprint density at radius 3 is 2.06 bits per heavy atom. The van der Waals surface area contributed by atoms with Gasteiger partial charge in [0.2, 0.25) is 0 Å². The zero-order valence-electron chi connectivity index (χ0n) is 37.2. The Labute approximate surface area is 364 Å². The molecule has 0 aromatic carbocycles. The topological polar surface area (TPSA) is 255 Å². The first-order chi connectivity index (χ1) is 29.1. The predicted octanol–water partition coefficient (Wildman–Crippen LogP) is 1.84.